The van der Waals surface area contributed by atoms with Crippen molar-refractivity contribution in [3.8, 4) is 0 Å². The van der Waals surface area contributed by atoms with Gasteiger partial charge in [0.1, 0.15) is 5.88 Å². The van der Waals surface area contributed by atoms with Crippen LogP contribution in [0.5, 0.6) is 0 Å². The summed E-state index contributed by atoms with van der Waals surface area (Å²) in [6.07, 6.45) is 1.21. The third kappa shape index (κ3) is 3.76. The van der Waals surface area contributed by atoms with E-state index in [9.17, 15) is 18.5 Å². The first-order chi connectivity index (χ1) is 10.4. The molecule has 0 aliphatic rings. The van der Waals surface area contributed by atoms with Gasteiger partial charge in [0.05, 0.1) is 15.4 Å². The lowest BCUT2D eigenvalue weighted by molar-refractivity contribution is -0.385. The zero-order valence-corrected chi connectivity index (χ0v) is 12.7. The van der Waals surface area contributed by atoms with Crippen molar-refractivity contribution in [1.82, 2.24) is 0 Å². The summed E-state index contributed by atoms with van der Waals surface area (Å²) in [7, 11) is -3.55. The van der Waals surface area contributed by atoms with Gasteiger partial charge in [-0.3, -0.25) is 15.1 Å². The molecule has 0 heterocycles. The molecule has 0 unspecified atom stereocenters. The van der Waals surface area contributed by atoms with Crippen molar-refractivity contribution >= 4 is 21.7 Å². The molecule has 2 aromatic rings. The van der Waals surface area contributed by atoms with Gasteiger partial charge in [-0.2, -0.15) is 0 Å². The summed E-state index contributed by atoms with van der Waals surface area (Å²) in [5.41, 5.74) is 1.12. The third-order valence-electron chi connectivity index (χ3n) is 2.99. The van der Waals surface area contributed by atoms with Crippen molar-refractivity contribution in [2.75, 3.05) is 5.88 Å². The fourth-order valence-electron chi connectivity index (χ4n) is 1.82. The highest BCUT2D eigenvalue weighted by Crippen LogP contribution is 2.16. The smallest absolute Gasteiger partial charge is 0.276 e. The number of benzene rings is 2. The molecule has 0 aliphatic heterocycles. The number of nitro benzene ring substituents is 1. The Bertz CT molecular complexity index is 812. The summed E-state index contributed by atoms with van der Waals surface area (Å²) < 4.78 is 24.2. The van der Waals surface area contributed by atoms with Gasteiger partial charge in [-0.05, 0) is 25.1 Å². The lowest BCUT2D eigenvalue weighted by Gasteiger charge is -2.02. The second-order valence-electron chi connectivity index (χ2n) is 4.68. The minimum absolute atomic E-state index is 0.112. The number of para-hydroxylation sites is 1. The minimum Gasteiger partial charge on any atom is -0.276 e. The number of rotatable bonds is 5. The summed E-state index contributed by atoms with van der Waals surface area (Å²) in [6.45, 7) is 1.86. The zero-order chi connectivity index (χ0) is 16.2. The molecule has 0 fully saturated rings. The van der Waals surface area contributed by atoms with Crippen LogP contribution in [-0.2, 0) is 9.84 Å². The van der Waals surface area contributed by atoms with Crippen molar-refractivity contribution in [3.63, 3.8) is 0 Å². The van der Waals surface area contributed by atoms with Crippen LogP contribution in [0.25, 0.3) is 0 Å². The maximum atomic E-state index is 12.1. The molecule has 0 saturated carbocycles. The summed E-state index contributed by atoms with van der Waals surface area (Å²) in [5, 5.41) is 10.9. The van der Waals surface area contributed by atoms with E-state index in [1.807, 2.05) is 6.92 Å². The molecule has 2 rings (SSSR count). The number of nitrogens with zero attached hydrogens (tertiary/aromatic N) is 2. The molecule has 0 spiro atoms. The Morgan fingerprint density at radius 2 is 1.77 bits per heavy atom. The largest absolute Gasteiger partial charge is 0.278 e. The molecule has 0 saturated heterocycles. The molecule has 0 radical (unpaired) electrons. The molecule has 0 aromatic heterocycles. The van der Waals surface area contributed by atoms with Crippen molar-refractivity contribution < 1.29 is 13.3 Å². The Morgan fingerprint density at radius 1 is 1.14 bits per heavy atom. The van der Waals surface area contributed by atoms with Crippen molar-refractivity contribution in [2.24, 2.45) is 4.99 Å². The van der Waals surface area contributed by atoms with Crippen LogP contribution in [0.1, 0.15) is 11.1 Å². The average Bonchev–Trinajstić information content (AvgIpc) is 2.48. The molecule has 0 amide bonds. The highest BCUT2D eigenvalue weighted by molar-refractivity contribution is 7.91. The van der Waals surface area contributed by atoms with E-state index in [0.717, 1.165) is 5.56 Å². The van der Waals surface area contributed by atoms with E-state index in [0.29, 0.717) is 0 Å². The molecular weight excluding hydrogens is 304 g/mol. The maximum absolute atomic E-state index is 12.1. The first-order valence-corrected chi connectivity index (χ1v) is 8.08. The number of aliphatic imine (C=N–C) groups is 1. The molecule has 114 valence electrons. The number of nitro groups is 1. The van der Waals surface area contributed by atoms with E-state index in [4.69, 9.17) is 0 Å². The van der Waals surface area contributed by atoms with Gasteiger partial charge in [-0.1, -0.05) is 29.8 Å². The van der Waals surface area contributed by atoms with Crippen LogP contribution in [0.2, 0.25) is 0 Å². The molecule has 6 nitrogen and oxygen atoms in total. The van der Waals surface area contributed by atoms with Crippen molar-refractivity contribution in [3.05, 3.63) is 69.8 Å². The van der Waals surface area contributed by atoms with E-state index < -0.39 is 20.6 Å². The van der Waals surface area contributed by atoms with Crippen LogP contribution in [0.3, 0.4) is 0 Å². The number of sulfone groups is 1. The lowest BCUT2D eigenvalue weighted by atomic mass is 10.2. The topological polar surface area (TPSA) is 89.6 Å². The Labute approximate surface area is 128 Å². The Kier molecular flexibility index (Phi) is 4.67. The Balaban J connectivity index is 2.19. The quantitative estimate of drug-likeness (QED) is 0.481. The summed E-state index contributed by atoms with van der Waals surface area (Å²) >= 11 is 0. The number of hydrogen-bond donors (Lipinski definition) is 0. The minimum atomic E-state index is -3.55. The van der Waals surface area contributed by atoms with Crippen LogP contribution >= 0.6 is 0 Å². The number of aryl methyl sites for hydroxylation is 1. The molecule has 7 heteroatoms. The van der Waals surface area contributed by atoms with Gasteiger partial charge in [-0.25, -0.2) is 8.42 Å². The molecule has 2 aromatic carbocycles. The monoisotopic (exact) mass is 318 g/mol. The van der Waals surface area contributed by atoms with E-state index in [1.54, 1.807) is 24.3 Å². The standard InChI is InChI=1S/C15H14N2O4S/c1-12-6-8-14(9-7-12)22(20,21)11-16-10-13-4-2-3-5-15(13)17(18)19/h2-10H,11H2,1H3. The van der Waals surface area contributed by atoms with Crippen LogP contribution in [0.15, 0.2) is 58.4 Å². The molecule has 0 N–H and O–H groups in total. The van der Waals surface area contributed by atoms with Crippen LogP contribution in [-0.4, -0.2) is 25.4 Å². The van der Waals surface area contributed by atoms with Crippen molar-refractivity contribution in [1.29, 1.82) is 0 Å². The van der Waals surface area contributed by atoms with Gasteiger partial charge in [0.15, 0.2) is 9.84 Å². The molecule has 22 heavy (non-hydrogen) atoms. The van der Waals surface area contributed by atoms with E-state index in [1.165, 1.54) is 30.5 Å². The van der Waals surface area contributed by atoms with Crippen LogP contribution < -0.4 is 0 Å². The molecule has 0 aliphatic carbocycles. The lowest BCUT2D eigenvalue weighted by Crippen LogP contribution is -2.05. The van der Waals surface area contributed by atoms with E-state index in [-0.39, 0.29) is 16.1 Å². The van der Waals surface area contributed by atoms with E-state index >= 15 is 0 Å². The Hall–Kier alpha value is -2.54. The fourth-order valence-corrected chi connectivity index (χ4v) is 2.79. The predicted molar refractivity (Wildman–Crippen MR) is 83.9 cm³/mol. The first-order valence-electron chi connectivity index (χ1n) is 6.43. The van der Waals surface area contributed by atoms with Crippen LogP contribution in [0.4, 0.5) is 5.69 Å². The van der Waals surface area contributed by atoms with Gasteiger partial charge < -0.3 is 0 Å². The second kappa shape index (κ2) is 6.48. The van der Waals surface area contributed by atoms with Crippen molar-refractivity contribution in [2.45, 2.75) is 11.8 Å². The normalized spacial score (nSPS) is 11.7. The van der Waals surface area contributed by atoms with E-state index in [2.05, 4.69) is 4.99 Å². The van der Waals surface area contributed by atoms with Gasteiger partial charge in [0.25, 0.3) is 5.69 Å². The maximum Gasteiger partial charge on any atom is 0.278 e. The Morgan fingerprint density at radius 3 is 2.41 bits per heavy atom. The second-order valence-corrected chi connectivity index (χ2v) is 6.64. The number of hydrogen-bond acceptors (Lipinski definition) is 5. The molecular formula is C15H14N2O4S. The van der Waals surface area contributed by atoms with Gasteiger partial charge in [-0.15, -0.1) is 0 Å². The molecule has 0 atom stereocenters. The third-order valence-corrected chi connectivity index (χ3v) is 4.47. The summed E-state index contributed by atoms with van der Waals surface area (Å²) in [5.74, 6) is -0.456. The predicted octanol–water partition coefficient (Wildman–Crippen LogP) is 2.75. The first kappa shape index (κ1) is 15.8. The molecule has 0 bridgehead atoms. The fraction of sp³-hybridized carbons (Fsp3) is 0.133. The zero-order valence-electron chi connectivity index (χ0n) is 11.8. The highest BCUT2D eigenvalue weighted by Gasteiger charge is 2.14. The highest BCUT2D eigenvalue weighted by atomic mass is 32.2. The van der Waals surface area contributed by atoms with Gasteiger partial charge in [0, 0.05) is 12.3 Å². The summed E-state index contributed by atoms with van der Waals surface area (Å²) in [6, 6.07) is 12.5. The van der Waals surface area contributed by atoms with Crippen LogP contribution in [0, 0.1) is 17.0 Å². The van der Waals surface area contributed by atoms with Gasteiger partial charge >= 0.3 is 0 Å². The van der Waals surface area contributed by atoms with Gasteiger partial charge in [0.2, 0.25) is 0 Å². The average molecular weight is 318 g/mol. The summed E-state index contributed by atoms with van der Waals surface area (Å²) in [4.78, 5) is 14.3. The SMILES string of the molecule is Cc1ccc(S(=O)(=O)CN=Cc2ccccc2[N+](=O)[O-])cc1.